The van der Waals surface area contributed by atoms with Crippen molar-refractivity contribution < 1.29 is 4.39 Å². The van der Waals surface area contributed by atoms with E-state index < -0.39 is 0 Å². The van der Waals surface area contributed by atoms with E-state index >= 15 is 0 Å². The highest BCUT2D eigenvalue weighted by molar-refractivity contribution is 5.58. The van der Waals surface area contributed by atoms with Crippen LogP contribution in [0, 0.1) is 17.1 Å². The number of nitrogens with zero attached hydrogens (tertiary/aromatic N) is 2. The molecule has 1 aliphatic heterocycles. The molecule has 19 heavy (non-hydrogen) atoms. The van der Waals surface area contributed by atoms with Gasteiger partial charge in [0.1, 0.15) is 5.82 Å². The Hall–Kier alpha value is -1.60. The second-order valence-corrected chi connectivity index (χ2v) is 5.42. The molecule has 4 heteroatoms. The average Bonchev–Trinajstić information content (AvgIpc) is 3.15. The van der Waals surface area contributed by atoms with Crippen LogP contribution in [0.3, 0.4) is 0 Å². The van der Waals surface area contributed by atoms with Gasteiger partial charge in [-0.25, -0.2) is 4.39 Å². The molecule has 1 N–H and O–H groups in total. The molecule has 1 aromatic carbocycles. The molecule has 1 aliphatic carbocycles. The molecule has 1 heterocycles. The Balaban J connectivity index is 1.59. The molecule has 2 aliphatic rings. The highest BCUT2D eigenvalue weighted by atomic mass is 19.1. The largest absolute Gasteiger partial charge is 0.371 e. The van der Waals surface area contributed by atoms with Gasteiger partial charge in [0, 0.05) is 24.8 Å². The summed E-state index contributed by atoms with van der Waals surface area (Å²) in [6, 6.07) is 7.79. The summed E-state index contributed by atoms with van der Waals surface area (Å²) in [5, 5.41) is 12.5. The predicted octanol–water partition coefficient (Wildman–Crippen LogP) is 2.22. The third-order valence-electron chi connectivity index (χ3n) is 3.90. The molecule has 0 aromatic heterocycles. The number of anilines is 1. The van der Waals surface area contributed by atoms with Crippen molar-refractivity contribution in [3.8, 4) is 6.07 Å². The summed E-state index contributed by atoms with van der Waals surface area (Å²) < 4.78 is 13.3. The van der Waals surface area contributed by atoms with E-state index in [2.05, 4.69) is 16.3 Å². The Morgan fingerprint density at radius 3 is 3.05 bits per heavy atom. The van der Waals surface area contributed by atoms with Gasteiger partial charge < -0.3 is 4.90 Å². The van der Waals surface area contributed by atoms with Crippen LogP contribution in [0.2, 0.25) is 0 Å². The third-order valence-corrected chi connectivity index (χ3v) is 3.90. The second kappa shape index (κ2) is 5.18. The summed E-state index contributed by atoms with van der Waals surface area (Å²) in [4.78, 5) is 2.19. The summed E-state index contributed by atoms with van der Waals surface area (Å²) >= 11 is 0. The topological polar surface area (TPSA) is 39.1 Å². The Labute approximate surface area is 113 Å². The molecule has 0 spiro atoms. The molecule has 100 valence electrons. The van der Waals surface area contributed by atoms with E-state index in [0.717, 1.165) is 31.6 Å². The van der Waals surface area contributed by atoms with E-state index in [-0.39, 0.29) is 11.9 Å². The van der Waals surface area contributed by atoms with Gasteiger partial charge in [0.15, 0.2) is 0 Å². The Morgan fingerprint density at radius 1 is 1.47 bits per heavy atom. The van der Waals surface area contributed by atoms with Crippen LogP contribution in [-0.4, -0.2) is 25.2 Å². The maximum Gasteiger partial charge on any atom is 0.125 e. The molecule has 0 bridgehead atoms. The maximum absolute atomic E-state index is 13.3. The van der Waals surface area contributed by atoms with Gasteiger partial charge in [-0.15, -0.1) is 0 Å². The fourth-order valence-corrected chi connectivity index (χ4v) is 2.66. The van der Waals surface area contributed by atoms with Crippen molar-refractivity contribution in [3.63, 3.8) is 0 Å². The first-order valence-electron chi connectivity index (χ1n) is 6.95. The summed E-state index contributed by atoms with van der Waals surface area (Å²) in [6.07, 6.45) is 4.15. The number of fused-ring (bicyclic) bond motifs is 1. The summed E-state index contributed by atoms with van der Waals surface area (Å²) in [5.41, 5.74) is 2.22. The first kappa shape index (κ1) is 12.4. The van der Waals surface area contributed by atoms with Crippen molar-refractivity contribution in [2.45, 2.75) is 37.8 Å². The van der Waals surface area contributed by atoms with Crippen molar-refractivity contribution in [2.75, 3.05) is 18.0 Å². The summed E-state index contributed by atoms with van der Waals surface area (Å²) in [5.74, 6) is -0.182. The normalized spacial score (nSPS) is 19.1. The van der Waals surface area contributed by atoms with Gasteiger partial charge in [-0.1, -0.05) is 6.07 Å². The van der Waals surface area contributed by atoms with Gasteiger partial charge in [-0.2, -0.15) is 5.26 Å². The van der Waals surface area contributed by atoms with Crippen molar-refractivity contribution in [3.05, 3.63) is 29.6 Å². The number of halogens is 1. The molecule has 3 rings (SSSR count). The molecule has 3 nitrogen and oxygen atoms in total. The zero-order valence-corrected chi connectivity index (χ0v) is 10.9. The number of benzene rings is 1. The van der Waals surface area contributed by atoms with Crippen LogP contribution in [0.4, 0.5) is 10.1 Å². The van der Waals surface area contributed by atoms with Crippen LogP contribution in [0.25, 0.3) is 0 Å². The molecule has 0 saturated heterocycles. The van der Waals surface area contributed by atoms with Crippen molar-refractivity contribution in [1.29, 1.82) is 5.26 Å². The quantitative estimate of drug-likeness (QED) is 0.881. The van der Waals surface area contributed by atoms with Crippen LogP contribution in [0.15, 0.2) is 18.2 Å². The minimum atomic E-state index is -0.182. The molecule has 1 unspecified atom stereocenters. The average molecular weight is 259 g/mol. The van der Waals surface area contributed by atoms with Crippen LogP contribution in [0.5, 0.6) is 0 Å². The van der Waals surface area contributed by atoms with Crippen molar-refractivity contribution in [1.82, 2.24) is 5.32 Å². The minimum Gasteiger partial charge on any atom is -0.371 e. The van der Waals surface area contributed by atoms with E-state index in [1.165, 1.54) is 24.5 Å². The highest BCUT2D eigenvalue weighted by Gasteiger charge is 2.25. The van der Waals surface area contributed by atoms with E-state index in [0.29, 0.717) is 6.04 Å². The smallest absolute Gasteiger partial charge is 0.125 e. The molecule has 1 fully saturated rings. The van der Waals surface area contributed by atoms with Gasteiger partial charge in [-0.3, -0.25) is 5.32 Å². The minimum absolute atomic E-state index is 0.0786. The lowest BCUT2D eigenvalue weighted by Gasteiger charge is -2.21. The van der Waals surface area contributed by atoms with E-state index in [1.54, 1.807) is 6.07 Å². The summed E-state index contributed by atoms with van der Waals surface area (Å²) in [6.45, 7) is 1.74. The number of hydrogen-bond acceptors (Lipinski definition) is 3. The van der Waals surface area contributed by atoms with Crippen LogP contribution in [0.1, 0.15) is 24.8 Å². The van der Waals surface area contributed by atoms with E-state index in [1.807, 2.05) is 6.07 Å². The zero-order valence-electron chi connectivity index (χ0n) is 10.9. The lowest BCUT2D eigenvalue weighted by atomic mass is 10.1. The highest BCUT2D eigenvalue weighted by Crippen LogP contribution is 2.29. The first-order valence-corrected chi connectivity index (χ1v) is 6.95. The SMILES string of the molecule is N#CC(CCN1CCc2ccc(F)cc21)NC1CC1. The molecule has 1 atom stereocenters. The van der Waals surface area contributed by atoms with Gasteiger partial charge >= 0.3 is 0 Å². The monoisotopic (exact) mass is 259 g/mol. The Morgan fingerprint density at radius 2 is 2.32 bits per heavy atom. The fraction of sp³-hybridized carbons (Fsp3) is 0.533. The first-order chi connectivity index (χ1) is 9.26. The number of nitriles is 1. The van der Waals surface area contributed by atoms with E-state index in [4.69, 9.17) is 5.26 Å². The van der Waals surface area contributed by atoms with E-state index in [9.17, 15) is 4.39 Å². The predicted molar refractivity (Wildman–Crippen MR) is 72.5 cm³/mol. The van der Waals surface area contributed by atoms with Gasteiger partial charge in [0.2, 0.25) is 0 Å². The molecular formula is C15H18FN3. The molecule has 1 aromatic rings. The van der Waals surface area contributed by atoms with Crippen molar-refractivity contribution in [2.24, 2.45) is 0 Å². The van der Waals surface area contributed by atoms with Gasteiger partial charge in [0.25, 0.3) is 0 Å². The number of nitrogens with one attached hydrogen (secondary N) is 1. The molecule has 0 radical (unpaired) electrons. The van der Waals surface area contributed by atoms with Crippen LogP contribution < -0.4 is 10.2 Å². The zero-order chi connectivity index (χ0) is 13.2. The van der Waals surface area contributed by atoms with Gasteiger partial charge in [-0.05, 0) is 43.4 Å². The number of hydrogen-bond donors (Lipinski definition) is 1. The van der Waals surface area contributed by atoms with Crippen LogP contribution in [-0.2, 0) is 6.42 Å². The fourth-order valence-electron chi connectivity index (χ4n) is 2.66. The third kappa shape index (κ3) is 2.87. The standard InChI is InChI=1S/C15H18FN3/c16-12-2-1-11-5-7-19(15(11)9-12)8-6-14(10-17)18-13-3-4-13/h1-2,9,13-14,18H,3-8H2. The van der Waals surface area contributed by atoms with Crippen LogP contribution >= 0.6 is 0 Å². The Kier molecular flexibility index (Phi) is 3.39. The summed E-state index contributed by atoms with van der Waals surface area (Å²) in [7, 11) is 0. The maximum atomic E-state index is 13.3. The van der Waals surface area contributed by atoms with Gasteiger partial charge in [0.05, 0.1) is 12.1 Å². The van der Waals surface area contributed by atoms with Crippen molar-refractivity contribution >= 4 is 5.69 Å². The molecule has 1 saturated carbocycles. The second-order valence-electron chi connectivity index (χ2n) is 5.42. The number of rotatable bonds is 5. The Bertz CT molecular complexity index is 505. The lowest BCUT2D eigenvalue weighted by Crippen LogP contribution is -2.34. The molecule has 0 amide bonds. The lowest BCUT2D eigenvalue weighted by molar-refractivity contribution is 0.557. The molecular weight excluding hydrogens is 241 g/mol.